The Labute approximate surface area is 103 Å². The summed E-state index contributed by atoms with van der Waals surface area (Å²) in [7, 11) is 0. The predicted molar refractivity (Wildman–Crippen MR) is 66.7 cm³/mol. The van der Waals surface area contributed by atoms with E-state index < -0.39 is 6.61 Å². The monoisotopic (exact) mass is 240 g/mol. The summed E-state index contributed by atoms with van der Waals surface area (Å²) in [5.74, 6) is -0.242. The lowest BCUT2D eigenvalue weighted by Gasteiger charge is -2.45. The van der Waals surface area contributed by atoms with Crippen molar-refractivity contribution in [3.63, 3.8) is 0 Å². The van der Waals surface area contributed by atoms with Crippen LogP contribution in [0.15, 0.2) is 0 Å². The zero-order chi connectivity index (χ0) is 12.1. The van der Waals surface area contributed by atoms with Crippen molar-refractivity contribution in [2.45, 2.75) is 50.5 Å². The molecule has 1 saturated heterocycles. The van der Waals surface area contributed by atoms with Gasteiger partial charge in [0.25, 0.3) is 0 Å². The zero-order valence-electron chi connectivity index (χ0n) is 10.6. The first-order chi connectivity index (χ1) is 8.27. The number of aliphatic hydroxyl groups excluding tert-OH is 1. The average molecular weight is 240 g/mol. The first kappa shape index (κ1) is 12.8. The van der Waals surface area contributed by atoms with Gasteiger partial charge in [-0.1, -0.05) is 19.3 Å². The molecule has 0 aromatic rings. The molecular weight excluding hydrogens is 216 g/mol. The van der Waals surface area contributed by atoms with E-state index in [-0.39, 0.29) is 11.4 Å². The summed E-state index contributed by atoms with van der Waals surface area (Å²) in [6.07, 6.45) is 8.82. The van der Waals surface area contributed by atoms with Gasteiger partial charge in [0.05, 0.1) is 0 Å². The summed E-state index contributed by atoms with van der Waals surface area (Å²) in [6.45, 7) is 2.67. The number of aliphatic hydroxyl groups is 1. The Morgan fingerprint density at radius 3 is 2.35 bits per heavy atom. The molecule has 0 atom stereocenters. The van der Waals surface area contributed by atoms with E-state index in [0.717, 1.165) is 0 Å². The molecule has 2 rings (SSSR count). The van der Waals surface area contributed by atoms with Gasteiger partial charge >= 0.3 is 0 Å². The Hall–Kier alpha value is -0.610. The standard InChI is InChI=1S/C13H24N2O2/c16-10-12(17)14-11-13(6-2-1-3-7-13)15-8-4-5-9-15/h16H,1-11H2,(H,14,17). The smallest absolute Gasteiger partial charge is 0.245 e. The molecule has 0 aromatic heterocycles. The summed E-state index contributed by atoms with van der Waals surface area (Å²) in [4.78, 5) is 13.8. The largest absolute Gasteiger partial charge is 0.387 e. The molecule has 2 fully saturated rings. The molecule has 2 aliphatic rings. The third-order valence-electron chi connectivity index (χ3n) is 4.32. The van der Waals surface area contributed by atoms with Crippen molar-refractivity contribution in [3.05, 3.63) is 0 Å². The summed E-state index contributed by atoms with van der Waals surface area (Å²) < 4.78 is 0. The zero-order valence-corrected chi connectivity index (χ0v) is 10.6. The van der Waals surface area contributed by atoms with E-state index in [4.69, 9.17) is 5.11 Å². The van der Waals surface area contributed by atoms with Crippen molar-refractivity contribution in [2.75, 3.05) is 26.2 Å². The second kappa shape index (κ2) is 5.83. The number of amides is 1. The molecule has 1 saturated carbocycles. The molecule has 0 spiro atoms. The number of rotatable bonds is 4. The van der Waals surface area contributed by atoms with Gasteiger partial charge in [-0.2, -0.15) is 0 Å². The average Bonchev–Trinajstić information content (AvgIpc) is 2.91. The number of carbonyl (C=O) groups excluding carboxylic acids is 1. The highest BCUT2D eigenvalue weighted by Gasteiger charge is 2.39. The van der Waals surface area contributed by atoms with Crippen LogP contribution in [0.4, 0.5) is 0 Å². The Kier molecular flexibility index (Phi) is 4.40. The molecular formula is C13H24N2O2. The summed E-state index contributed by atoms with van der Waals surface area (Å²) in [5, 5.41) is 11.7. The lowest BCUT2D eigenvalue weighted by Crippen LogP contribution is -2.56. The van der Waals surface area contributed by atoms with Crippen LogP contribution in [0.2, 0.25) is 0 Å². The van der Waals surface area contributed by atoms with Gasteiger partial charge in [-0.3, -0.25) is 9.69 Å². The van der Waals surface area contributed by atoms with Gasteiger partial charge in [0.2, 0.25) is 5.91 Å². The van der Waals surface area contributed by atoms with E-state index in [1.54, 1.807) is 0 Å². The van der Waals surface area contributed by atoms with Crippen LogP contribution < -0.4 is 5.32 Å². The molecule has 4 nitrogen and oxygen atoms in total. The van der Waals surface area contributed by atoms with Crippen LogP contribution in [-0.4, -0.2) is 47.7 Å². The molecule has 1 amide bonds. The third kappa shape index (κ3) is 2.99. The molecule has 17 heavy (non-hydrogen) atoms. The lowest BCUT2D eigenvalue weighted by molar-refractivity contribution is -0.124. The fourth-order valence-electron chi connectivity index (χ4n) is 3.33. The maximum Gasteiger partial charge on any atom is 0.245 e. The molecule has 98 valence electrons. The van der Waals surface area contributed by atoms with Gasteiger partial charge < -0.3 is 10.4 Å². The minimum absolute atomic E-state index is 0.180. The Bertz CT molecular complexity index is 256. The number of hydrogen-bond donors (Lipinski definition) is 2. The number of carbonyl (C=O) groups is 1. The van der Waals surface area contributed by atoms with Crippen molar-refractivity contribution in [1.29, 1.82) is 0 Å². The molecule has 2 N–H and O–H groups in total. The van der Waals surface area contributed by atoms with Crippen molar-refractivity contribution < 1.29 is 9.90 Å². The highest BCUT2D eigenvalue weighted by molar-refractivity contribution is 5.76. The maximum atomic E-state index is 11.2. The quantitative estimate of drug-likeness (QED) is 0.767. The van der Waals surface area contributed by atoms with Crippen molar-refractivity contribution in [3.8, 4) is 0 Å². The third-order valence-corrected chi connectivity index (χ3v) is 4.32. The van der Waals surface area contributed by atoms with Crippen molar-refractivity contribution in [2.24, 2.45) is 0 Å². The van der Waals surface area contributed by atoms with Gasteiger partial charge in [-0.15, -0.1) is 0 Å². The maximum absolute atomic E-state index is 11.2. The summed E-state index contributed by atoms with van der Waals surface area (Å²) in [5.41, 5.74) is 0.180. The van der Waals surface area contributed by atoms with Gasteiger partial charge in [0, 0.05) is 12.1 Å². The first-order valence-corrected chi connectivity index (χ1v) is 6.89. The van der Waals surface area contributed by atoms with E-state index in [9.17, 15) is 4.79 Å². The summed E-state index contributed by atoms with van der Waals surface area (Å²) >= 11 is 0. The predicted octanol–water partition coefficient (Wildman–Crippen LogP) is 0.894. The van der Waals surface area contributed by atoms with E-state index in [1.165, 1.54) is 58.0 Å². The number of nitrogens with zero attached hydrogens (tertiary/aromatic N) is 1. The topological polar surface area (TPSA) is 52.6 Å². The van der Waals surface area contributed by atoms with E-state index >= 15 is 0 Å². The summed E-state index contributed by atoms with van der Waals surface area (Å²) in [6, 6.07) is 0. The highest BCUT2D eigenvalue weighted by atomic mass is 16.3. The van der Waals surface area contributed by atoms with Crippen LogP contribution in [-0.2, 0) is 4.79 Å². The fraction of sp³-hybridized carbons (Fsp3) is 0.923. The Balaban J connectivity index is 1.98. The molecule has 0 radical (unpaired) electrons. The molecule has 0 bridgehead atoms. The molecule has 0 aromatic carbocycles. The van der Waals surface area contributed by atoms with Crippen LogP contribution in [0.5, 0.6) is 0 Å². The minimum atomic E-state index is -0.393. The minimum Gasteiger partial charge on any atom is -0.387 e. The van der Waals surface area contributed by atoms with Crippen LogP contribution in [0, 0.1) is 0 Å². The number of nitrogens with one attached hydrogen (secondary N) is 1. The Morgan fingerprint density at radius 2 is 1.76 bits per heavy atom. The molecule has 0 unspecified atom stereocenters. The Morgan fingerprint density at radius 1 is 1.12 bits per heavy atom. The van der Waals surface area contributed by atoms with Crippen molar-refractivity contribution >= 4 is 5.91 Å². The SMILES string of the molecule is O=C(CO)NCC1(N2CCCC2)CCCCC1. The second-order valence-corrected chi connectivity index (χ2v) is 5.41. The van der Waals surface area contributed by atoms with E-state index in [2.05, 4.69) is 10.2 Å². The molecule has 4 heteroatoms. The van der Waals surface area contributed by atoms with E-state index in [1.807, 2.05) is 0 Å². The lowest BCUT2D eigenvalue weighted by atomic mass is 9.80. The fourth-order valence-corrected chi connectivity index (χ4v) is 3.33. The van der Waals surface area contributed by atoms with Gasteiger partial charge in [0.15, 0.2) is 0 Å². The van der Waals surface area contributed by atoms with Crippen LogP contribution >= 0.6 is 0 Å². The number of likely N-dealkylation sites (tertiary alicyclic amines) is 1. The molecule has 1 aliphatic carbocycles. The molecule has 1 aliphatic heterocycles. The normalized spacial score (nSPS) is 24.8. The second-order valence-electron chi connectivity index (χ2n) is 5.41. The van der Waals surface area contributed by atoms with Crippen molar-refractivity contribution in [1.82, 2.24) is 10.2 Å². The van der Waals surface area contributed by atoms with Gasteiger partial charge in [0.1, 0.15) is 6.61 Å². The van der Waals surface area contributed by atoms with E-state index in [0.29, 0.717) is 6.54 Å². The van der Waals surface area contributed by atoms with Crippen LogP contribution in [0.3, 0.4) is 0 Å². The highest BCUT2D eigenvalue weighted by Crippen LogP contribution is 2.35. The van der Waals surface area contributed by atoms with Crippen LogP contribution in [0.25, 0.3) is 0 Å². The van der Waals surface area contributed by atoms with Gasteiger partial charge in [-0.25, -0.2) is 0 Å². The number of hydrogen-bond acceptors (Lipinski definition) is 3. The van der Waals surface area contributed by atoms with Crippen LogP contribution in [0.1, 0.15) is 44.9 Å². The first-order valence-electron chi connectivity index (χ1n) is 6.89. The molecule has 1 heterocycles. The van der Waals surface area contributed by atoms with Gasteiger partial charge in [-0.05, 0) is 38.8 Å².